The molecule has 2 aromatic rings. The van der Waals surface area contributed by atoms with Crippen LogP contribution in [0.25, 0.3) is 0 Å². The number of pyridine rings is 1. The summed E-state index contributed by atoms with van der Waals surface area (Å²) in [4.78, 5) is 11.5. The molecule has 0 N–H and O–H groups in total. The molecule has 2 rings (SSSR count). The molecule has 2 nitrogen and oxygen atoms in total. The van der Waals surface area contributed by atoms with Crippen LogP contribution in [0.4, 0.5) is 8.78 Å². The molecule has 0 radical (unpaired) electrons. The van der Waals surface area contributed by atoms with Crippen molar-refractivity contribution in [3.63, 3.8) is 0 Å². The van der Waals surface area contributed by atoms with Gasteiger partial charge >= 0.3 is 0 Å². The fourth-order valence-corrected chi connectivity index (χ4v) is 1.84. The zero-order chi connectivity index (χ0) is 12.4. The van der Waals surface area contributed by atoms with Crippen molar-refractivity contribution in [2.45, 2.75) is 6.54 Å². The summed E-state index contributed by atoms with van der Waals surface area (Å²) >= 11 is 3.23. The Morgan fingerprint density at radius 2 is 1.94 bits per heavy atom. The Morgan fingerprint density at radius 1 is 1.18 bits per heavy atom. The second kappa shape index (κ2) is 4.79. The van der Waals surface area contributed by atoms with E-state index in [4.69, 9.17) is 0 Å². The standard InChI is InChI=1S/C12H8BrF2NO/c13-9-2-4-12(17)16(7-9)6-8-1-3-10(14)5-11(8)15/h1-5,7H,6H2. The first-order valence-electron chi connectivity index (χ1n) is 4.86. The van der Waals surface area contributed by atoms with Crippen molar-refractivity contribution in [3.8, 4) is 0 Å². The number of hydrogen-bond donors (Lipinski definition) is 0. The van der Waals surface area contributed by atoms with Crippen molar-refractivity contribution < 1.29 is 8.78 Å². The molecular formula is C12H8BrF2NO. The van der Waals surface area contributed by atoms with E-state index in [2.05, 4.69) is 15.9 Å². The first-order chi connectivity index (χ1) is 8.06. The van der Waals surface area contributed by atoms with Crippen molar-refractivity contribution in [1.29, 1.82) is 0 Å². The zero-order valence-corrected chi connectivity index (χ0v) is 10.2. The summed E-state index contributed by atoms with van der Waals surface area (Å²) in [5.41, 5.74) is 0.0310. The molecule has 0 amide bonds. The van der Waals surface area contributed by atoms with Crippen LogP contribution in [-0.4, -0.2) is 4.57 Å². The van der Waals surface area contributed by atoms with Gasteiger partial charge in [0.1, 0.15) is 11.6 Å². The van der Waals surface area contributed by atoms with Gasteiger partial charge in [-0.1, -0.05) is 6.07 Å². The molecule has 0 spiro atoms. The van der Waals surface area contributed by atoms with Crippen molar-refractivity contribution in [3.05, 3.63) is 68.6 Å². The van der Waals surface area contributed by atoms with Crippen LogP contribution in [0.2, 0.25) is 0 Å². The Kier molecular flexibility index (Phi) is 3.38. The van der Waals surface area contributed by atoms with Crippen LogP contribution in [0, 0.1) is 11.6 Å². The van der Waals surface area contributed by atoms with Crippen molar-refractivity contribution in [1.82, 2.24) is 4.57 Å². The minimum atomic E-state index is -0.656. The molecular weight excluding hydrogens is 292 g/mol. The molecule has 0 aliphatic carbocycles. The average molecular weight is 300 g/mol. The van der Waals surface area contributed by atoms with Crippen LogP contribution in [0.1, 0.15) is 5.56 Å². The van der Waals surface area contributed by atoms with Gasteiger partial charge in [0.15, 0.2) is 0 Å². The van der Waals surface area contributed by atoms with E-state index in [1.54, 1.807) is 12.3 Å². The molecule has 1 heterocycles. The maximum Gasteiger partial charge on any atom is 0.250 e. The predicted octanol–water partition coefficient (Wildman–Crippen LogP) is 2.94. The van der Waals surface area contributed by atoms with E-state index >= 15 is 0 Å². The molecule has 1 aromatic carbocycles. The molecule has 0 atom stereocenters. The van der Waals surface area contributed by atoms with E-state index < -0.39 is 11.6 Å². The lowest BCUT2D eigenvalue weighted by Crippen LogP contribution is -2.19. The Labute approximate surface area is 105 Å². The van der Waals surface area contributed by atoms with E-state index in [1.165, 1.54) is 22.8 Å². The molecule has 0 aliphatic rings. The minimum absolute atomic E-state index is 0.0738. The highest BCUT2D eigenvalue weighted by Crippen LogP contribution is 2.12. The van der Waals surface area contributed by atoms with Crippen LogP contribution in [0.15, 0.2) is 45.8 Å². The second-order valence-electron chi connectivity index (χ2n) is 3.55. The van der Waals surface area contributed by atoms with Gasteiger partial charge < -0.3 is 4.57 Å². The molecule has 0 unspecified atom stereocenters. The number of halogens is 3. The third kappa shape index (κ3) is 2.79. The number of aromatic nitrogens is 1. The summed E-state index contributed by atoms with van der Waals surface area (Å²) < 4.78 is 28.2. The van der Waals surface area contributed by atoms with Gasteiger partial charge in [0.25, 0.3) is 5.56 Å². The van der Waals surface area contributed by atoms with E-state index in [0.717, 1.165) is 10.5 Å². The largest absolute Gasteiger partial charge is 0.310 e. The van der Waals surface area contributed by atoms with E-state index in [9.17, 15) is 13.6 Å². The molecule has 1 aromatic heterocycles. The minimum Gasteiger partial charge on any atom is -0.310 e. The summed E-state index contributed by atoms with van der Waals surface area (Å²) in [7, 11) is 0. The first-order valence-corrected chi connectivity index (χ1v) is 5.65. The van der Waals surface area contributed by atoms with Gasteiger partial charge in [0.05, 0.1) is 6.54 Å². The summed E-state index contributed by atoms with van der Waals surface area (Å²) in [6, 6.07) is 6.29. The molecule has 88 valence electrons. The van der Waals surface area contributed by atoms with Crippen LogP contribution in [0.5, 0.6) is 0 Å². The lowest BCUT2D eigenvalue weighted by Gasteiger charge is -2.07. The molecule has 0 aliphatic heterocycles. The number of nitrogens with zero attached hydrogens (tertiary/aromatic N) is 1. The Balaban J connectivity index is 2.38. The van der Waals surface area contributed by atoms with Crippen molar-refractivity contribution in [2.75, 3.05) is 0 Å². The highest BCUT2D eigenvalue weighted by atomic mass is 79.9. The number of rotatable bonds is 2. The molecule has 0 saturated carbocycles. The van der Waals surface area contributed by atoms with Gasteiger partial charge in [-0.15, -0.1) is 0 Å². The molecule has 17 heavy (non-hydrogen) atoms. The van der Waals surface area contributed by atoms with Gasteiger partial charge in [-0.05, 0) is 28.1 Å². The maximum absolute atomic E-state index is 13.4. The third-order valence-corrected chi connectivity index (χ3v) is 2.77. The summed E-state index contributed by atoms with van der Waals surface area (Å²) in [5, 5.41) is 0. The van der Waals surface area contributed by atoms with Crippen LogP contribution >= 0.6 is 15.9 Å². The van der Waals surface area contributed by atoms with E-state index in [0.29, 0.717) is 0 Å². The Bertz CT molecular complexity index is 610. The normalized spacial score (nSPS) is 10.5. The lowest BCUT2D eigenvalue weighted by molar-refractivity contribution is 0.564. The Morgan fingerprint density at radius 3 is 2.65 bits per heavy atom. The van der Waals surface area contributed by atoms with Gasteiger partial charge in [0, 0.05) is 28.4 Å². The molecule has 5 heteroatoms. The summed E-state index contributed by atoms with van der Waals surface area (Å²) in [6.07, 6.45) is 1.56. The summed E-state index contributed by atoms with van der Waals surface area (Å²) in [5.74, 6) is -1.29. The predicted molar refractivity (Wildman–Crippen MR) is 63.9 cm³/mol. The fraction of sp³-hybridized carbons (Fsp3) is 0.0833. The smallest absolute Gasteiger partial charge is 0.250 e. The third-order valence-electron chi connectivity index (χ3n) is 2.30. The number of benzene rings is 1. The van der Waals surface area contributed by atoms with Crippen LogP contribution in [0.3, 0.4) is 0 Å². The van der Waals surface area contributed by atoms with Gasteiger partial charge in [-0.25, -0.2) is 8.78 Å². The SMILES string of the molecule is O=c1ccc(Br)cn1Cc1ccc(F)cc1F. The van der Waals surface area contributed by atoms with Crippen LogP contribution < -0.4 is 5.56 Å². The second-order valence-corrected chi connectivity index (χ2v) is 4.46. The van der Waals surface area contributed by atoms with Crippen molar-refractivity contribution in [2.24, 2.45) is 0 Å². The van der Waals surface area contributed by atoms with Gasteiger partial charge in [-0.3, -0.25) is 4.79 Å². The van der Waals surface area contributed by atoms with E-state index in [-0.39, 0.29) is 17.7 Å². The zero-order valence-electron chi connectivity index (χ0n) is 8.66. The summed E-state index contributed by atoms with van der Waals surface area (Å²) in [6.45, 7) is 0.0738. The first kappa shape index (κ1) is 12.0. The quantitative estimate of drug-likeness (QED) is 0.836. The maximum atomic E-state index is 13.4. The molecule has 0 fully saturated rings. The topological polar surface area (TPSA) is 22.0 Å². The van der Waals surface area contributed by atoms with Crippen LogP contribution in [-0.2, 0) is 6.54 Å². The molecule has 0 bridgehead atoms. The Hall–Kier alpha value is -1.49. The van der Waals surface area contributed by atoms with Gasteiger partial charge in [-0.2, -0.15) is 0 Å². The highest BCUT2D eigenvalue weighted by molar-refractivity contribution is 9.10. The fourth-order valence-electron chi connectivity index (χ4n) is 1.46. The average Bonchev–Trinajstić information content (AvgIpc) is 2.27. The van der Waals surface area contributed by atoms with Crippen molar-refractivity contribution >= 4 is 15.9 Å². The van der Waals surface area contributed by atoms with Gasteiger partial charge in [0.2, 0.25) is 0 Å². The lowest BCUT2D eigenvalue weighted by atomic mass is 10.2. The molecule has 0 saturated heterocycles. The van der Waals surface area contributed by atoms with E-state index in [1.807, 2.05) is 0 Å². The number of hydrogen-bond acceptors (Lipinski definition) is 1. The monoisotopic (exact) mass is 299 g/mol. The highest BCUT2D eigenvalue weighted by Gasteiger charge is 2.05.